The zero-order valence-electron chi connectivity index (χ0n) is 15.0. The van der Waals surface area contributed by atoms with Gasteiger partial charge in [0, 0.05) is 18.8 Å². The number of fused-ring (bicyclic) bond motifs is 1. The highest BCUT2D eigenvalue weighted by Crippen LogP contribution is 2.30. The molecule has 9 heteroatoms. The Balaban J connectivity index is 1.48. The number of likely N-dealkylation sites (tertiary alicyclic amines) is 1. The summed E-state index contributed by atoms with van der Waals surface area (Å²) >= 11 is 7.15. The summed E-state index contributed by atoms with van der Waals surface area (Å²) in [5.41, 5.74) is 0.606. The van der Waals surface area contributed by atoms with Crippen LogP contribution in [0.1, 0.15) is 22.5 Å². The molecule has 1 fully saturated rings. The second-order valence-corrected chi connectivity index (χ2v) is 8.05. The Labute approximate surface area is 170 Å². The van der Waals surface area contributed by atoms with E-state index in [1.807, 2.05) is 0 Å². The number of nitrogens with one attached hydrogen (secondary N) is 2. The van der Waals surface area contributed by atoms with Crippen molar-refractivity contribution >= 4 is 50.6 Å². The fourth-order valence-corrected chi connectivity index (χ4v) is 4.29. The van der Waals surface area contributed by atoms with E-state index in [4.69, 9.17) is 11.6 Å². The summed E-state index contributed by atoms with van der Waals surface area (Å²) in [4.78, 5) is 24.6. The smallest absolute Gasteiger partial charge is 0.261 e. The molecule has 1 aliphatic rings. The number of nitrogens with zero attached hydrogens (tertiary/aromatic N) is 3. The first-order valence-corrected chi connectivity index (χ1v) is 10.3. The van der Waals surface area contributed by atoms with Gasteiger partial charge in [0.2, 0.25) is 0 Å². The van der Waals surface area contributed by atoms with E-state index in [-0.39, 0.29) is 10.9 Å². The number of anilines is 2. The molecule has 28 heavy (non-hydrogen) atoms. The molecule has 1 amide bonds. The molecule has 3 aromatic rings. The van der Waals surface area contributed by atoms with Crippen LogP contribution in [0.4, 0.5) is 15.9 Å². The number of hydrogen-bond acceptors (Lipinski definition) is 6. The van der Waals surface area contributed by atoms with Gasteiger partial charge in [0.1, 0.15) is 22.8 Å². The summed E-state index contributed by atoms with van der Waals surface area (Å²) in [6, 6.07) is 6.13. The molecule has 1 aliphatic heterocycles. The number of rotatable bonds is 6. The van der Waals surface area contributed by atoms with E-state index in [9.17, 15) is 9.18 Å². The molecule has 146 valence electrons. The van der Waals surface area contributed by atoms with E-state index in [0.717, 1.165) is 25.0 Å². The molecule has 6 nitrogen and oxygen atoms in total. The third kappa shape index (κ3) is 4.24. The summed E-state index contributed by atoms with van der Waals surface area (Å²) in [5, 5.41) is 6.85. The van der Waals surface area contributed by atoms with Crippen molar-refractivity contribution in [3.05, 3.63) is 46.3 Å². The zero-order valence-corrected chi connectivity index (χ0v) is 16.6. The van der Waals surface area contributed by atoms with Crippen LogP contribution >= 0.6 is 22.9 Å². The Morgan fingerprint density at radius 3 is 2.86 bits per heavy atom. The SMILES string of the molecule is O=C(NCCN1CCCC1)c1cc2c(Nc3ccc(F)c(Cl)c3)ncnc2s1. The predicted octanol–water partition coefficient (Wildman–Crippen LogP) is 4.05. The molecular weight excluding hydrogens is 401 g/mol. The van der Waals surface area contributed by atoms with Crippen LogP contribution in [-0.4, -0.2) is 47.0 Å². The van der Waals surface area contributed by atoms with Crippen LogP contribution < -0.4 is 10.6 Å². The van der Waals surface area contributed by atoms with E-state index in [2.05, 4.69) is 25.5 Å². The van der Waals surface area contributed by atoms with Crippen molar-refractivity contribution in [3.8, 4) is 0 Å². The first kappa shape index (κ1) is 19.0. The minimum atomic E-state index is -0.483. The normalized spacial score (nSPS) is 14.5. The van der Waals surface area contributed by atoms with Crippen molar-refractivity contribution in [2.75, 3.05) is 31.5 Å². The Bertz CT molecular complexity index is 1010. The Morgan fingerprint density at radius 2 is 2.07 bits per heavy atom. The van der Waals surface area contributed by atoms with Crippen molar-refractivity contribution in [1.29, 1.82) is 0 Å². The minimum Gasteiger partial charge on any atom is -0.350 e. The van der Waals surface area contributed by atoms with Crippen molar-refractivity contribution in [1.82, 2.24) is 20.2 Å². The van der Waals surface area contributed by atoms with Crippen molar-refractivity contribution in [2.45, 2.75) is 12.8 Å². The van der Waals surface area contributed by atoms with Gasteiger partial charge in [-0.2, -0.15) is 0 Å². The minimum absolute atomic E-state index is 0.0266. The van der Waals surface area contributed by atoms with Gasteiger partial charge in [-0.1, -0.05) is 11.6 Å². The summed E-state index contributed by atoms with van der Waals surface area (Å²) in [7, 11) is 0. The lowest BCUT2D eigenvalue weighted by Crippen LogP contribution is -2.33. The van der Waals surface area contributed by atoms with Crippen LogP contribution in [0.3, 0.4) is 0 Å². The van der Waals surface area contributed by atoms with E-state index in [0.29, 0.717) is 27.8 Å². The summed E-state index contributed by atoms with van der Waals surface area (Å²) < 4.78 is 13.4. The third-order valence-electron chi connectivity index (χ3n) is 4.65. The number of carbonyl (C=O) groups excluding carboxylic acids is 1. The maximum Gasteiger partial charge on any atom is 0.261 e. The molecule has 0 unspecified atom stereocenters. The van der Waals surface area contributed by atoms with E-state index in [1.54, 1.807) is 12.1 Å². The topological polar surface area (TPSA) is 70.2 Å². The summed E-state index contributed by atoms with van der Waals surface area (Å²) in [5.74, 6) is -0.0542. The van der Waals surface area contributed by atoms with Crippen molar-refractivity contribution in [2.24, 2.45) is 0 Å². The molecular formula is C19H19ClFN5OS. The highest BCUT2D eigenvalue weighted by molar-refractivity contribution is 7.20. The Kier molecular flexibility index (Phi) is 5.70. The number of carbonyl (C=O) groups is 1. The lowest BCUT2D eigenvalue weighted by Gasteiger charge is -2.14. The van der Waals surface area contributed by atoms with Crippen LogP contribution in [0.25, 0.3) is 10.2 Å². The second kappa shape index (κ2) is 8.38. The predicted molar refractivity (Wildman–Crippen MR) is 110 cm³/mol. The Morgan fingerprint density at radius 1 is 1.25 bits per heavy atom. The number of thiophene rings is 1. The van der Waals surface area contributed by atoms with Gasteiger partial charge in [-0.15, -0.1) is 11.3 Å². The molecule has 0 radical (unpaired) electrons. The number of benzene rings is 1. The first-order chi connectivity index (χ1) is 13.6. The fraction of sp³-hybridized carbons (Fsp3) is 0.316. The second-order valence-electron chi connectivity index (χ2n) is 6.61. The molecule has 4 rings (SSSR count). The Hall–Kier alpha value is -2.29. The molecule has 1 aromatic carbocycles. The zero-order chi connectivity index (χ0) is 19.5. The van der Waals surface area contributed by atoms with Crippen LogP contribution in [0.15, 0.2) is 30.6 Å². The molecule has 1 saturated heterocycles. The van der Waals surface area contributed by atoms with Crippen LogP contribution in [0.5, 0.6) is 0 Å². The van der Waals surface area contributed by atoms with Gasteiger partial charge in [0.05, 0.1) is 15.3 Å². The highest BCUT2D eigenvalue weighted by Gasteiger charge is 2.16. The molecule has 2 N–H and O–H groups in total. The summed E-state index contributed by atoms with van der Waals surface area (Å²) in [6.07, 6.45) is 3.90. The largest absolute Gasteiger partial charge is 0.350 e. The molecule has 0 aliphatic carbocycles. The number of aromatic nitrogens is 2. The van der Waals surface area contributed by atoms with Gasteiger partial charge >= 0.3 is 0 Å². The maximum absolute atomic E-state index is 13.4. The average Bonchev–Trinajstić information content (AvgIpc) is 3.35. The van der Waals surface area contributed by atoms with E-state index >= 15 is 0 Å². The lowest BCUT2D eigenvalue weighted by molar-refractivity contribution is 0.0954. The molecule has 0 bridgehead atoms. The van der Waals surface area contributed by atoms with Gasteiger partial charge in [0.15, 0.2) is 0 Å². The molecule has 0 atom stereocenters. The summed E-state index contributed by atoms with van der Waals surface area (Å²) in [6.45, 7) is 3.71. The standard InChI is InChI=1S/C19H19ClFN5OS/c20-14-9-12(3-4-15(14)21)25-17-13-10-16(28-19(13)24-11-23-17)18(27)22-5-8-26-6-1-2-7-26/h3-4,9-11H,1-2,5-8H2,(H,22,27)(H,23,24,25). The lowest BCUT2D eigenvalue weighted by atomic mass is 10.3. The maximum atomic E-state index is 13.4. The van der Waals surface area contributed by atoms with Crippen LogP contribution in [0.2, 0.25) is 5.02 Å². The van der Waals surface area contributed by atoms with Gasteiger partial charge in [-0.3, -0.25) is 4.79 Å². The third-order valence-corrected chi connectivity index (χ3v) is 5.98. The van der Waals surface area contributed by atoms with E-state index < -0.39 is 5.82 Å². The fourth-order valence-electron chi connectivity index (χ4n) is 3.20. The monoisotopic (exact) mass is 419 g/mol. The van der Waals surface area contributed by atoms with Crippen molar-refractivity contribution in [3.63, 3.8) is 0 Å². The number of hydrogen-bond donors (Lipinski definition) is 2. The number of halogens is 2. The average molecular weight is 420 g/mol. The first-order valence-electron chi connectivity index (χ1n) is 9.07. The van der Waals surface area contributed by atoms with Gasteiger partial charge in [-0.25, -0.2) is 14.4 Å². The van der Waals surface area contributed by atoms with Crippen LogP contribution in [-0.2, 0) is 0 Å². The van der Waals surface area contributed by atoms with E-state index in [1.165, 1.54) is 42.6 Å². The molecule has 2 aromatic heterocycles. The molecule has 0 saturated carbocycles. The van der Waals surface area contributed by atoms with Crippen molar-refractivity contribution < 1.29 is 9.18 Å². The molecule has 3 heterocycles. The van der Waals surface area contributed by atoms with Crippen LogP contribution in [0, 0.1) is 5.82 Å². The van der Waals surface area contributed by atoms with Gasteiger partial charge < -0.3 is 15.5 Å². The number of amides is 1. The van der Waals surface area contributed by atoms with Gasteiger partial charge in [0.25, 0.3) is 5.91 Å². The molecule has 0 spiro atoms. The van der Waals surface area contributed by atoms with Gasteiger partial charge in [-0.05, 0) is 50.2 Å². The highest BCUT2D eigenvalue weighted by atomic mass is 35.5. The quantitative estimate of drug-likeness (QED) is 0.630.